The van der Waals surface area contributed by atoms with Crippen LogP contribution < -0.4 is 4.74 Å². The van der Waals surface area contributed by atoms with E-state index in [1.54, 1.807) is 25.1 Å². The third-order valence-electron chi connectivity index (χ3n) is 4.79. The van der Waals surface area contributed by atoms with Crippen LogP contribution in [0, 0.1) is 6.92 Å². The van der Waals surface area contributed by atoms with Crippen LogP contribution in [0.1, 0.15) is 34.8 Å². The molecule has 1 amide bonds. The Morgan fingerprint density at radius 1 is 1.28 bits per heavy atom. The van der Waals surface area contributed by atoms with E-state index in [-0.39, 0.29) is 11.3 Å². The van der Waals surface area contributed by atoms with Gasteiger partial charge < -0.3 is 24.1 Å². The first-order valence-corrected chi connectivity index (χ1v) is 9.56. The summed E-state index contributed by atoms with van der Waals surface area (Å²) in [5, 5.41) is 10.6. The average Bonchev–Trinajstić information content (AvgIpc) is 3.22. The second kappa shape index (κ2) is 8.53. The number of furan rings is 1. The summed E-state index contributed by atoms with van der Waals surface area (Å²) in [6.45, 7) is 5.05. The molecule has 7 heteroatoms. The lowest BCUT2D eigenvalue weighted by molar-refractivity contribution is -0.129. The smallest absolute Gasteiger partial charge is 0.290 e. The number of Topliss-reactive ketones (excluding diaryl/α,β-unsaturated/α-hetero) is 1. The fourth-order valence-electron chi connectivity index (χ4n) is 3.40. The van der Waals surface area contributed by atoms with Gasteiger partial charge in [0.15, 0.2) is 11.5 Å². The van der Waals surface area contributed by atoms with Crippen molar-refractivity contribution in [1.29, 1.82) is 0 Å². The van der Waals surface area contributed by atoms with E-state index in [1.807, 2.05) is 44.1 Å². The van der Waals surface area contributed by atoms with Crippen LogP contribution in [0.2, 0.25) is 0 Å². The second-order valence-corrected chi connectivity index (χ2v) is 7.21. The number of ether oxygens (including phenoxy) is 1. The molecule has 2 heterocycles. The molecule has 3 rings (SSSR count). The van der Waals surface area contributed by atoms with Gasteiger partial charge in [0.05, 0.1) is 18.2 Å². The van der Waals surface area contributed by atoms with E-state index in [1.165, 1.54) is 4.90 Å². The number of aliphatic hydroxyl groups is 1. The maximum atomic E-state index is 13.2. The van der Waals surface area contributed by atoms with Crippen LogP contribution in [0.5, 0.6) is 5.75 Å². The quantitative estimate of drug-likeness (QED) is 0.688. The second-order valence-electron chi connectivity index (χ2n) is 7.21. The number of rotatable bonds is 8. The number of benzene rings is 1. The van der Waals surface area contributed by atoms with Crippen LogP contribution >= 0.6 is 0 Å². The number of aryl methyl sites for hydroxylation is 1. The van der Waals surface area contributed by atoms with Gasteiger partial charge in [0.25, 0.3) is 5.91 Å². The first kappa shape index (κ1) is 20.7. The number of hydrogen-bond donors (Lipinski definition) is 1. The Bertz CT molecular complexity index is 944. The van der Waals surface area contributed by atoms with E-state index in [0.29, 0.717) is 36.8 Å². The van der Waals surface area contributed by atoms with Gasteiger partial charge in [-0.2, -0.15) is 0 Å². The molecule has 0 bridgehead atoms. The van der Waals surface area contributed by atoms with Crippen molar-refractivity contribution in [1.82, 2.24) is 9.80 Å². The minimum atomic E-state index is -0.722. The Morgan fingerprint density at radius 2 is 2.03 bits per heavy atom. The molecule has 0 radical (unpaired) electrons. The number of carbonyl (C=O) groups excluding carboxylic acids is 2. The molecule has 0 fully saturated rings. The molecule has 1 N–H and O–H groups in total. The van der Waals surface area contributed by atoms with Crippen molar-refractivity contribution in [3.63, 3.8) is 0 Å². The van der Waals surface area contributed by atoms with Gasteiger partial charge >= 0.3 is 0 Å². The summed E-state index contributed by atoms with van der Waals surface area (Å²) in [5.41, 5.74) is 0.718. The van der Waals surface area contributed by atoms with Gasteiger partial charge in [-0.05, 0) is 57.8 Å². The van der Waals surface area contributed by atoms with E-state index in [0.717, 1.165) is 0 Å². The fourth-order valence-corrected chi connectivity index (χ4v) is 3.40. The average molecular weight is 398 g/mol. The number of aliphatic hydroxyl groups excluding tert-OH is 1. The van der Waals surface area contributed by atoms with Crippen molar-refractivity contribution >= 4 is 11.7 Å². The van der Waals surface area contributed by atoms with Gasteiger partial charge in [-0.3, -0.25) is 9.59 Å². The lowest BCUT2D eigenvalue weighted by Gasteiger charge is -2.28. The van der Waals surface area contributed by atoms with E-state index in [4.69, 9.17) is 9.15 Å². The fraction of sp³-hybridized carbons (Fsp3) is 0.364. The highest BCUT2D eigenvalue weighted by molar-refractivity contribution is 6.15. The molecular formula is C22H26N2O5. The van der Waals surface area contributed by atoms with Crippen LogP contribution in [-0.2, 0) is 4.79 Å². The number of amides is 1. The van der Waals surface area contributed by atoms with E-state index in [9.17, 15) is 14.7 Å². The van der Waals surface area contributed by atoms with Crippen molar-refractivity contribution in [2.24, 2.45) is 0 Å². The summed E-state index contributed by atoms with van der Waals surface area (Å²) in [4.78, 5) is 29.5. The largest absolute Gasteiger partial charge is 0.503 e. The van der Waals surface area contributed by atoms with E-state index < -0.39 is 23.5 Å². The Labute approximate surface area is 170 Å². The molecule has 1 aromatic carbocycles. The molecule has 1 aliphatic heterocycles. The van der Waals surface area contributed by atoms with Gasteiger partial charge in [-0.25, -0.2) is 0 Å². The molecule has 0 aliphatic carbocycles. The molecule has 1 aliphatic rings. The first-order chi connectivity index (χ1) is 13.8. The lowest BCUT2D eigenvalue weighted by atomic mass is 9.95. The third kappa shape index (κ3) is 4.19. The Balaban J connectivity index is 2.06. The van der Waals surface area contributed by atoms with E-state index in [2.05, 4.69) is 0 Å². The number of ketones is 1. The maximum Gasteiger partial charge on any atom is 0.290 e. The van der Waals surface area contributed by atoms with Gasteiger partial charge in [-0.15, -0.1) is 0 Å². The molecule has 0 saturated heterocycles. The van der Waals surface area contributed by atoms with Crippen LogP contribution in [0.4, 0.5) is 0 Å². The predicted molar refractivity (Wildman–Crippen MR) is 108 cm³/mol. The summed E-state index contributed by atoms with van der Waals surface area (Å²) in [6.07, 6.45) is 0. The molecule has 2 aromatic rings. The van der Waals surface area contributed by atoms with Crippen molar-refractivity contribution in [2.75, 3.05) is 33.8 Å². The standard InChI is InChI=1S/C22H26N2O5/c1-5-28-16-8-6-7-15(13-16)19-18(20(25)17-10-9-14(2)29-17)21(26)22(27)24(19)12-11-23(3)4/h6-10,13,19,26H,5,11-12H2,1-4H3/t19-/m0/s1. The topological polar surface area (TPSA) is 83.2 Å². The maximum absolute atomic E-state index is 13.2. The summed E-state index contributed by atoms with van der Waals surface area (Å²) in [5.74, 6) is -0.283. The highest BCUT2D eigenvalue weighted by Crippen LogP contribution is 2.39. The minimum absolute atomic E-state index is 0.0248. The molecule has 1 atom stereocenters. The van der Waals surface area contributed by atoms with Gasteiger partial charge in [-0.1, -0.05) is 12.1 Å². The Morgan fingerprint density at radius 3 is 2.66 bits per heavy atom. The van der Waals surface area contributed by atoms with Crippen molar-refractivity contribution in [3.05, 3.63) is 64.8 Å². The molecular weight excluding hydrogens is 372 g/mol. The number of carbonyl (C=O) groups is 2. The van der Waals surface area contributed by atoms with Crippen molar-refractivity contribution in [3.8, 4) is 5.75 Å². The zero-order valence-corrected chi connectivity index (χ0v) is 17.1. The Hall–Kier alpha value is -3.06. The molecule has 0 spiro atoms. The first-order valence-electron chi connectivity index (χ1n) is 9.56. The molecule has 0 unspecified atom stereocenters. The molecule has 29 heavy (non-hydrogen) atoms. The molecule has 1 aromatic heterocycles. The van der Waals surface area contributed by atoms with Gasteiger partial charge in [0.1, 0.15) is 11.5 Å². The van der Waals surface area contributed by atoms with Crippen LogP contribution in [0.15, 0.2) is 52.1 Å². The van der Waals surface area contributed by atoms with Crippen LogP contribution in [0.25, 0.3) is 0 Å². The van der Waals surface area contributed by atoms with Crippen molar-refractivity contribution in [2.45, 2.75) is 19.9 Å². The van der Waals surface area contributed by atoms with Gasteiger partial charge in [0.2, 0.25) is 5.78 Å². The minimum Gasteiger partial charge on any atom is -0.503 e. The Kier molecular flexibility index (Phi) is 6.08. The van der Waals surface area contributed by atoms with Crippen molar-refractivity contribution < 1.29 is 23.8 Å². The zero-order chi connectivity index (χ0) is 21.1. The van der Waals surface area contributed by atoms with Gasteiger partial charge in [0, 0.05) is 13.1 Å². The summed E-state index contributed by atoms with van der Waals surface area (Å²) in [7, 11) is 3.80. The lowest BCUT2D eigenvalue weighted by Crippen LogP contribution is -2.36. The summed E-state index contributed by atoms with van der Waals surface area (Å²) >= 11 is 0. The molecule has 7 nitrogen and oxygen atoms in total. The third-order valence-corrected chi connectivity index (χ3v) is 4.79. The highest BCUT2D eigenvalue weighted by atomic mass is 16.5. The predicted octanol–water partition coefficient (Wildman–Crippen LogP) is 3.13. The molecule has 0 saturated carbocycles. The zero-order valence-electron chi connectivity index (χ0n) is 17.1. The summed E-state index contributed by atoms with van der Waals surface area (Å²) in [6, 6.07) is 9.75. The SMILES string of the molecule is CCOc1cccc([C@H]2C(C(=O)c3ccc(C)o3)=C(O)C(=O)N2CCN(C)C)c1. The number of hydrogen-bond acceptors (Lipinski definition) is 6. The number of likely N-dealkylation sites (N-methyl/N-ethyl adjacent to an activating group) is 1. The number of nitrogens with zero attached hydrogens (tertiary/aromatic N) is 2. The van der Waals surface area contributed by atoms with Crippen LogP contribution in [-0.4, -0.2) is 60.4 Å². The highest BCUT2D eigenvalue weighted by Gasteiger charge is 2.44. The monoisotopic (exact) mass is 398 g/mol. The van der Waals surface area contributed by atoms with Crippen LogP contribution in [0.3, 0.4) is 0 Å². The normalized spacial score (nSPS) is 16.8. The summed E-state index contributed by atoms with van der Waals surface area (Å²) < 4.78 is 11.0. The van der Waals surface area contributed by atoms with E-state index >= 15 is 0 Å². The molecule has 154 valence electrons.